The average Bonchev–Trinajstić information content (AvgIpc) is 2.25. The van der Waals surface area contributed by atoms with Crippen molar-refractivity contribution in [2.75, 3.05) is 11.9 Å². The van der Waals surface area contributed by atoms with Crippen LogP contribution in [0.2, 0.25) is 0 Å². The van der Waals surface area contributed by atoms with Crippen molar-refractivity contribution in [1.82, 2.24) is 0 Å². The van der Waals surface area contributed by atoms with Crippen molar-refractivity contribution in [3.05, 3.63) is 42.5 Å². The summed E-state index contributed by atoms with van der Waals surface area (Å²) in [5.41, 5.74) is 3.68. The second-order valence-electron chi connectivity index (χ2n) is 4.98. The Balaban J connectivity index is 2.34. The number of nitrogens with one attached hydrogen (secondary N) is 1. The third kappa shape index (κ3) is 2.52. The summed E-state index contributed by atoms with van der Waals surface area (Å²) in [6.45, 7) is 10.7. The smallest absolute Gasteiger partial charge is 0.120 e. The lowest BCUT2D eigenvalue weighted by molar-refractivity contribution is 0.363. The van der Waals surface area contributed by atoms with Gasteiger partial charge in [0.05, 0.1) is 5.54 Å². The molecule has 1 aromatic carbocycles. The van der Waals surface area contributed by atoms with E-state index in [1.807, 2.05) is 6.07 Å². The zero-order valence-corrected chi connectivity index (χ0v) is 10.7. The molecule has 0 aliphatic carbocycles. The molecule has 0 atom stereocenters. The number of rotatable bonds is 3. The van der Waals surface area contributed by atoms with E-state index in [1.165, 1.54) is 16.8 Å². The number of ether oxygens (including phenoxy) is 1. The van der Waals surface area contributed by atoms with Gasteiger partial charge in [-0.05, 0) is 44.5 Å². The molecule has 2 nitrogen and oxygen atoms in total. The summed E-state index contributed by atoms with van der Waals surface area (Å²) in [5.74, 6) is 0.887. The Morgan fingerprint density at radius 1 is 1.41 bits per heavy atom. The van der Waals surface area contributed by atoms with E-state index < -0.39 is 0 Å². The molecule has 0 bridgehead atoms. The number of hydrogen-bond acceptors (Lipinski definition) is 2. The van der Waals surface area contributed by atoms with E-state index in [9.17, 15) is 0 Å². The molecule has 0 fully saturated rings. The Kier molecular flexibility index (Phi) is 2.97. The molecule has 1 aliphatic heterocycles. The van der Waals surface area contributed by atoms with E-state index in [0.29, 0.717) is 6.61 Å². The lowest BCUT2D eigenvalue weighted by atomic mass is 9.91. The van der Waals surface area contributed by atoms with Gasteiger partial charge in [-0.1, -0.05) is 18.7 Å². The predicted octanol–water partition coefficient (Wildman–Crippen LogP) is 3.86. The molecule has 1 N–H and O–H groups in total. The SMILES string of the molecule is C=CCOc1ccc2c(c1)C(C)=CC(C)(C)N2. The maximum Gasteiger partial charge on any atom is 0.120 e. The molecular formula is C15H19NO. The second-order valence-corrected chi connectivity index (χ2v) is 4.98. The highest BCUT2D eigenvalue weighted by Gasteiger charge is 2.22. The first-order chi connectivity index (χ1) is 8.02. The zero-order chi connectivity index (χ0) is 12.5. The Morgan fingerprint density at radius 2 is 2.18 bits per heavy atom. The third-order valence-electron chi connectivity index (χ3n) is 2.82. The summed E-state index contributed by atoms with van der Waals surface area (Å²) in [5, 5.41) is 3.50. The van der Waals surface area contributed by atoms with Gasteiger partial charge in [0, 0.05) is 11.3 Å². The molecule has 2 rings (SSSR count). The maximum atomic E-state index is 5.55. The fraction of sp³-hybridized carbons (Fsp3) is 0.333. The highest BCUT2D eigenvalue weighted by Crippen LogP contribution is 2.35. The van der Waals surface area contributed by atoms with Crippen LogP contribution >= 0.6 is 0 Å². The molecule has 0 saturated heterocycles. The van der Waals surface area contributed by atoms with Gasteiger partial charge in [-0.2, -0.15) is 0 Å². The fourth-order valence-electron chi connectivity index (χ4n) is 2.21. The molecule has 90 valence electrons. The Hall–Kier alpha value is -1.70. The molecule has 0 unspecified atom stereocenters. The molecule has 0 radical (unpaired) electrons. The van der Waals surface area contributed by atoms with Crippen molar-refractivity contribution < 1.29 is 4.74 Å². The Morgan fingerprint density at radius 3 is 2.88 bits per heavy atom. The molecule has 1 heterocycles. The molecule has 0 amide bonds. The van der Waals surface area contributed by atoms with Crippen molar-refractivity contribution in [3.8, 4) is 5.75 Å². The number of anilines is 1. The van der Waals surface area contributed by atoms with Gasteiger partial charge in [0.25, 0.3) is 0 Å². The van der Waals surface area contributed by atoms with Crippen LogP contribution in [0.25, 0.3) is 5.57 Å². The van der Waals surface area contributed by atoms with Crippen LogP contribution in [0, 0.1) is 0 Å². The maximum absolute atomic E-state index is 5.55. The number of benzene rings is 1. The number of fused-ring (bicyclic) bond motifs is 1. The molecule has 1 aromatic rings. The van der Waals surface area contributed by atoms with Crippen molar-refractivity contribution in [1.29, 1.82) is 0 Å². The van der Waals surface area contributed by atoms with E-state index >= 15 is 0 Å². The Labute approximate surface area is 103 Å². The molecule has 0 spiro atoms. The van der Waals surface area contributed by atoms with Gasteiger partial charge in [-0.25, -0.2) is 0 Å². The topological polar surface area (TPSA) is 21.3 Å². The van der Waals surface area contributed by atoms with Crippen molar-refractivity contribution in [2.45, 2.75) is 26.3 Å². The van der Waals surface area contributed by atoms with Crippen LogP contribution in [-0.2, 0) is 0 Å². The van der Waals surface area contributed by atoms with Gasteiger partial charge < -0.3 is 10.1 Å². The first kappa shape index (κ1) is 11.8. The highest BCUT2D eigenvalue weighted by atomic mass is 16.5. The van der Waals surface area contributed by atoms with Crippen molar-refractivity contribution >= 4 is 11.3 Å². The van der Waals surface area contributed by atoms with Crippen LogP contribution in [0.3, 0.4) is 0 Å². The van der Waals surface area contributed by atoms with E-state index in [1.54, 1.807) is 6.08 Å². The van der Waals surface area contributed by atoms with Gasteiger partial charge >= 0.3 is 0 Å². The molecule has 0 saturated carbocycles. The van der Waals surface area contributed by atoms with Gasteiger partial charge in [0.2, 0.25) is 0 Å². The summed E-state index contributed by atoms with van der Waals surface area (Å²) in [4.78, 5) is 0. The molecule has 17 heavy (non-hydrogen) atoms. The van der Waals surface area contributed by atoms with E-state index in [4.69, 9.17) is 4.74 Å². The first-order valence-corrected chi connectivity index (χ1v) is 5.87. The van der Waals surface area contributed by atoms with Gasteiger partial charge in [0.15, 0.2) is 0 Å². The van der Waals surface area contributed by atoms with Crippen molar-refractivity contribution in [3.63, 3.8) is 0 Å². The minimum absolute atomic E-state index is 0.0145. The predicted molar refractivity (Wildman–Crippen MR) is 73.5 cm³/mol. The van der Waals surface area contributed by atoms with Crippen molar-refractivity contribution in [2.24, 2.45) is 0 Å². The van der Waals surface area contributed by atoms with Crippen LogP contribution in [0.4, 0.5) is 5.69 Å². The lowest BCUT2D eigenvalue weighted by Gasteiger charge is -2.31. The number of allylic oxidation sites excluding steroid dienone is 1. The lowest BCUT2D eigenvalue weighted by Crippen LogP contribution is -2.31. The van der Waals surface area contributed by atoms with Gasteiger partial charge in [-0.3, -0.25) is 0 Å². The van der Waals surface area contributed by atoms with Gasteiger partial charge in [0.1, 0.15) is 12.4 Å². The average molecular weight is 229 g/mol. The zero-order valence-electron chi connectivity index (χ0n) is 10.7. The molecule has 1 aliphatic rings. The van der Waals surface area contributed by atoms with Gasteiger partial charge in [-0.15, -0.1) is 0 Å². The monoisotopic (exact) mass is 229 g/mol. The minimum atomic E-state index is 0.0145. The first-order valence-electron chi connectivity index (χ1n) is 5.87. The summed E-state index contributed by atoms with van der Waals surface area (Å²) >= 11 is 0. The van der Waals surface area contributed by atoms with E-state index in [-0.39, 0.29) is 5.54 Å². The van der Waals surface area contributed by atoms with Crippen LogP contribution in [-0.4, -0.2) is 12.1 Å². The molecule has 2 heteroatoms. The second kappa shape index (κ2) is 4.28. The fourth-order valence-corrected chi connectivity index (χ4v) is 2.21. The summed E-state index contributed by atoms with van der Waals surface area (Å²) in [6.07, 6.45) is 4.00. The Bertz CT molecular complexity index is 472. The summed E-state index contributed by atoms with van der Waals surface area (Å²) in [7, 11) is 0. The minimum Gasteiger partial charge on any atom is -0.490 e. The largest absolute Gasteiger partial charge is 0.490 e. The van der Waals surface area contributed by atoms with Crippen LogP contribution < -0.4 is 10.1 Å². The van der Waals surface area contributed by atoms with Crippen LogP contribution in [0.15, 0.2) is 36.9 Å². The standard InChI is InChI=1S/C15H19NO/c1-5-8-17-12-6-7-14-13(9-12)11(2)10-15(3,4)16-14/h5-7,9-10,16H,1,8H2,2-4H3. The number of hydrogen-bond donors (Lipinski definition) is 1. The quantitative estimate of drug-likeness (QED) is 0.795. The third-order valence-corrected chi connectivity index (χ3v) is 2.82. The van der Waals surface area contributed by atoms with E-state index in [2.05, 4.69) is 50.9 Å². The molecule has 0 aromatic heterocycles. The molecular weight excluding hydrogens is 210 g/mol. The van der Waals surface area contributed by atoms with E-state index in [0.717, 1.165) is 5.75 Å². The summed E-state index contributed by atoms with van der Waals surface area (Å²) in [6, 6.07) is 6.14. The normalized spacial score (nSPS) is 16.5. The van der Waals surface area contributed by atoms with Crippen LogP contribution in [0.5, 0.6) is 5.75 Å². The summed E-state index contributed by atoms with van der Waals surface area (Å²) < 4.78 is 5.55. The highest BCUT2D eigenvalue weighted by molar-refractivity contribution is 5.80. The van der Waals surface area contributed by atoms with Crippen LogP contribution in [0.1, 0.15) is 26.3 Å².